The summed E-state index contributed by atoms with van der Waals surface area (Å²) in [5.74, 6) is 0.546. The zero-order valence-corrected chi connectivity index (χ0v) is 21.3. The maximum absolute atomic E-state index is 13.5. The highest BCUT2D eigenvalue weighted by atomic mass is 79.9. The van der Waals surface area contributed by atoms with Gasteiger partial charge in [-0.25, -0.2) is 9.79 Å². The van der Waals surface area contributed by atoms with E-state index in [9.17, 15) is 9.59 Å². The number of furan rings is 1. The number of benzene rings is 1. The molecular weight excluding hydrogens is 564 g/mol. The largest absolute Gasteiger partial charge is 0.496 e. The molecule has 0 saturated carbocycles. The highest BCUT2D eigenvalue weighted by molar-refractivity contribution is 9.13. The molecule has 1 aromatic carbocycles. The van der Waals surface area contributed by atoms with E-state index >= 15 is 0 Å². The zero-order valence-electron chi connectivity index (χ0n) is 17.3. The molecule has 3 heterocycles. The van der Waals surface area contributed by atoms with Crippen molar-refractivity contribution in [3.8, 4) is 5.75 Å². The van der Waals surface area contributed by atoms with Gasteiger partial charge in [0.05, 0.1) is 34.0 Å². The predicted octanol–water partition coefficient (Wildman–Crippen LogP) is 3.92. The van der Waals surface area contributed by atoms with Crippen LogP contribution in [0.15, 0.2) is 64.9 Å². The van der Waals surface area contributed by atoms with Crippen LogP contribution in [0.5, 0.6) is 5.75 Å². The molecule has 0 unspecified atom stereocenters. The second-order valence-corrected chi connectivity index (χ2v) is 9.40. The van der Waals surface area contributed by atoms with E-state index in [1.165, 1.54) is 15.9 Å². The van der Waals surface area contributed by atoms with Crippen molar-refractivity contribution in [1.82, 2.24) is 4.57 Å². The van der Waals surface area contributed by atoms with E-state index in [-0.39, 0.29) is 12.2 Å². The number of esters is 1. The standard InChI is InChI=1S/C22H18Br2N2O5S/c1-4-30-21(28)17-11(2)25-22-26(18(17)13-7-5-6-8-15(13)29-3)20(27)16(32-22)10-12-9-14(23)19(24)31-12/h5-10,18H,4H2,1-3H3/b16-10+/t18-/m1/s1. The summed E-state index contributed by atoms with van der Waals surface area (Å²) in [4.78, 5) is 31.5. The second kappa shape index (κ2) is 9.21. The molecule has 0 N–H and O–H groups in total. The monoisotopic (exact) mass is 580 g/mol. The number of hydrogen-bond acceptors (Lipinski definition) is 7. The van der Waals surface area contributed by atoms with Crippen molar-refractivity contribution in [3.05, 3.63) is 81.8 Å². The molecule has 2 aromatic heterocycles. The lowest BCUT2D eigenvalue weighted by atomic mass is 9.95. The van der Waals surface area contributed by atoms with Crippen molar-refractivity contribution in [3.63, 3.8) is 0 Å². The van der Waals surface area contributed by atoms with E-state index in [1.807, 2.05) is 18.2 Å². The molecule has 0 aliphatic carbocycles. The van der Waals surface area contributed by atoms with E-state index < -0.39 is 12.0 Å². The first-order chi connectivity index (χ1) is 15.3. The molecule has 0 amide bonds. The minimum absolute atomic E-state index is 0.209. The van der Waals surface area contributed by atoms with Gasteiger partial charge in [0.2, 0.25) is 0 Å². The predicted molar refractivity (Wildman–Crippen MR) is 128 cm³/mol. The maximum Gasteiger partial charge on any atom is 0.338 e. The van der Waals surface area contributed by atoms with Gasteiger partial charge in [0.15, 0.2) is 9.47 Å². The van der Waals surface area contributed by atoms with E-state index in [0.717, 1.165) is 4.47 Å². The number of ether oxygens (including phenoxy) is 2. The number of hydrogen-bond donors (Lipinski definition) is 0. The second-order valence-electron chi connectivity index (χ2n) is 6.81. The lowest BCUT2D eigenvalue weighted by molar-refractivity contribution is -0.139. The Balaban J connectivity index is 1.99. The summed E-state index contributed by atoms with van der Waals surface area (Å²) in [5.41, 5.74) is 1.18. The van der Waals surface area contributed by atoms with Gasteiger partial charge in [-0.1, -0.05) is 29.5 Å². The first-order valence-electron chi connectivity index (χ1n) is 9.63. The highest BCUT2D eigenvalue weighted by Crippen LogP contribution is 2.35. The molecule has 0 bridgehead atoms. The number of thiazole rings is 1. The molecular formula is C22H18Br2N2O5S. The molecule has 1 atom stereocenters. The Morgan fingerprint density at radius 3 is 2.75 bits per heavy atom. The zero-order chi connectivity index (χ0) is 23.0. The molecule has 4 rings (SSSR count). The summed E-state index contributed by atoms with van der Waals surface area (Å²) in [6.45, 7) is 3.69. The Hall–Kier alpha value is -2.43. The van der Waals surface area contributed by atoms with Gasteiger partial charge >= 0.3 is 5.97 Å². The fourth-order valence-corrected chi connectivity index (χ4v) is 5.18. The number of fused-ring (bicyclic) bond motifs is 1. The van der Waals surface area contributed by atoms with Crippen molar-refractivity contribution in [2.75, 3.05) is 13.7 Å². The number of carbonyl (C=O) groups is 1. The molecule has 1 aliphatic heterocycles. The molecule has 0 saturated heterocycles. The van der Waals surface area contributed by atoms with Crippen LogP contribution in [0.3, 0.4) is 0 Å². The van der Waals surface area contributed by atoms with Crippen molar-refractivity contribution in [2.45, 2.75) is 19.9 Å². The average Bonchev–Trinajstić information content (AvgIpc) is 3.24. The molecule has 0 fully saturated rings. The summed E-state index contributed by atoms with van der Waals surface area (Å²) < 4.78 is 19.7. The van der Waals surface area contributed by atoms with Gasteiger partial charge in [-0.3, -0.25) is 9.36 Å². The minimum Gasteiger partial charge on any atom is -0.496 e. The normalized spacial score (nSPS) is 16.0. The molecule has 3 aromatic rings. The van der Waals surface area contributed by atoms with Crippen molar-refractivity contribution < 1.29 is 18.7 Å². The van der Waals surface area contributed by atoms with E-state index in [2.05, 4.69) is 36.9 Å². The third kappa shape index (κ3) is 4.02. The van der Waals surface area contributed by atoms with Crippen molar-refractivity contribution in [2.24, 2.45) is 4.99 Å². The lowest BCUT2D eigenvalue weighted by Gasteiger charge is -2.25. The summed E-state index contributed by atoms with van der Waals surface area (Å²) in [6, 6.07) is 8.32. The molecule has 0 radical (unpaired) electrons. The Morgan fingerprint density at radius 1 is 1.34 bits per heavy atom. The van der Waals surface area contributed by atoms with E-state index in [1.54, 1.807) is 39.2 Å². The molecule has 0 spiro atoms. The van der Waals surface area contributed by atoms with Crippen LogP contribution >= 0.6 is 43.2 Å². The summed E-state index contributed by atoms with van der Waals surface area (Å²) in [6.07, 6.45) is 1.65. The van der Waals surface area contributed by atoms with Crippen LogP contribution < -0.4 is 19.6 Å². The SMILES string of the molecule is CCOC(=O)C1=C(C)N=c2s/c(=C/c3cc(Br)c(Br)o3)c(=O)n2[C@@H]1c1ccccc1OC. The Bertz CT molecular complexity index is 1400. The van der Waals surface area contributed by atoms with Gasteiger partial charge in [-0.15, -0.1) is 0 Å². The van der Waals surface area contributed by atoms with Gasteiger partial charge in [-0.05, 0) is 57.8 Å². The molecule has 166 valence electrons. The van der Waals surface area contributed by atoms with Crippen LogP contribution in [0.1, 0.15) is 31.2 Å². The first kappa shape index (κ1) is 22.8. The van der Waals surface area contributed by atoms with Crippen molar-refractivity contribution in [1.29, 1.82) is 0 Å². The third-order valence-corrected chi connectivity index (χ3v) is 7.58. The number of methoxy groups -OCH3 is 1. The van der Waals surface area contributed by atoms with Crippen LogP contribution in [0.2, 0.25) is 0 Å². The maximum atomic E-state index is 13.5. The van der Waals surface area contributed by atoms with E-state index in [4.69, 9.17) is 13.9 Å². The highest BCUT2D eigenvalue weighted by Gasteiger charge is 2.34. The quantitative estimate of drug-likeness (QED) is 0.426. The van der Waals surface area contributed by atoms with E-state index in [0.29, 0.717) is 42.3 Å². The number of nitrogens with zero attached hydrogens (tertiary/aromatic N) is 2. The summed E-state index contributed by atoms with van der Waals surface area (Å²) in [7, 11) is 1.55. The van der Waals surface area contributed by atoms with Crippen LogP contribution in [0.4, 0.5) is 0 Å². The van der Waals surface area contributed by atoms with Gasteiger partial charge in [-0.2, -0.15) is 0 Å². The van der Waals surface area contributed by atoms with Gasteiger partial charge in [0.25, 0.3) is 5.56 Å². The number of carbonyl (C=O) groups excluding carboxylic acids is 1. The molecule has 10 heteroatoms. The fourth-order valence-electron chi connectivity index (χ4n) is 3.54. The number of rotatable bonds is 5. The van der Waals surface area contributed by atoms with Gasteiger partial charge in [0, 0.05) is 11.6 Å². The Labute approximate surface area is 203 Å². The van der Waals surface area contributed by atoms with Crippen LogP contribution in [-0.4, -0.2) is 24.3 Å². The number of allylic oxidation sites excluding steroid dienone is 1. The molecule has 32 heavy (non-hydrogen) atoms. The number of para-hydroxylation sites is 1. The Kier molecular flexibility index (Phi) is 6.55. The smallest absolute Gasteiger partial charge is 0.338 e. The minimum atomic E-state index is -0.737. The van der Waals surface area contributed by atoms with Gasteiger partial charge < -0.3 is 13.9 Å². The fraction of sp³-hybridized carbons (Fsp3) is 0.227. The molecule has 7 nitrogen and oxygen atoms in total. The number of aromatic nitrogens is 1. The van der Waals surface area contributed by atoms with Crippen molar-refractivity contribution >= 4 is 55.2 Å². The van der Waals surface area contributed by atoms with Crippen LogP contribution in [0, 0.1) is 0 Å². The molecule has 1 aliphatic rings. The number of halogens is 2. The summed E-state index contributed by atoms with van der Waals surface area (Å²) in [5, 5.41) is 0. The average molecular weight is 582 g/mol. The third-order valence-electron chi connectivity index (χ3n) is 4.89. The van der Waals surface area contributed by atoms with Gasteiger partial charge in [0.1, 0.15) is 17.6 Å². The summed E-state index contributed by atoms with van der Waals surface area (Å²) >= 11 is 7.90. The first-order valence-corrected chi connectivity index (χ1v) is 12.0. The van der Waals surface area contributed by atoms with Crippen LogP contribution in [0.25, 0.3) is 6.08 Å². The Morgan fingerprint density at radius 2 is 2.09 bits per heavy atom. The van der Waals surface area contributed by atoms with Crippen LogP contribution in [-0.2, 0) is 9.53 Å². The topological polar surface area (TPSA) is 83.0 Å². The lowest BCUT2D eigenvalue weighted by Crippen LogP contribution is -2.40.